The second-order valence-corrected chi connectivity index (χ2v) is 10.2. The third-order valence-electron chi connectivity index (χ3n) is 5.90. The summed E-state index contributed by atoms with van der Waals surface area (Å²) in [5.41, 5.74) is 2.73. The van der Waals surface area contributed by atoms with Crippen molar-refractivity contribution in [1.29, 1.82) is 0 Å². The van der Waals surface area contributed by atoms with Crippen LogP contribution in [0.5, 0.6) is 0 Å². The molecule has 6 heteroatoms. The molecule has 3 aromatic heterocycles. The van der Waals surface area contributed by atoms with E-state index >= 15 is 0 Å². The van der Waals surface area contributed by atoms with Crippen molar-refractivity contribution in [3.05, 3.63) is 59.3 Å². The average molecular weight is 473 g/mol. The molecule has 3 heterocycles. The topological polar surface area (TPSA) is 25.8 Å². The van der Waals surface area contributed by atoms with E-state index in [9.17, 15) is 4.39 Å². The number of hydrogen-bond donors (Lipinski definition) is 0. The fraction of sp³-hybridized carbons (Fsp3) is 0.360. The summed E-state index contributed by atoms with van der Waals surface area (Å²) in [6.45, 7) is 4.49. The minimum atomic E-state index is -0.148. The van der Waals surface area contributed by atoms with Gasteiger partial charge in [-0.05, 0) is 54.1 Å². The van der Waals surface area contributed by atoms with Crippen molar-refractivity contribution in [3.63, 3.8) is 0 Å². The van der Waals surface area contributed by atoms with Gasteiger partial charge in [0.2, 0.25) is 0 Å². The van der Waals surface area contributed by atoms with Crippen molar-refractivity contribution in [1.82, 2.24) is 9.36 Å². The van der Waals surface area contributed by atoms with Crippen LogP contribution in [-0.4, -0.2) is 9.36 Å². The second-order valence-electron chi connectivity index (χ2n) is 7.96. The first-order chi connectivity index (χ1) is 15.1. The van der Waals surface area contributed by atoms with E-state index in [2.05, 4.69) is 29.3 Å². The summed E-state index contributed by atoms with van der Waals surface area (Å²) in [6.07, 6.45) is 10.6. The van der Waals surface area contributed by atoms with Gasteiger partial charge in [-0.15, -0.1) is 11.3 Å². The maximum Gasteiger partial charge on any atom is 0.139 e. The van der Waals surface area contributed by atoms with Crippen molar-refractivity contribution in [2.24, 2.45) is 5.92 Å². The lowest BCUT2D eigenvalue weighted by atomic mass is 9.92. The third kappa shape index (κ3) is 5.00. The number of aryl methyl sites for hydroxylation is 1. The zero-order chi connectivity index (χ0) is 21.8. The van der Waals surface area contributed by atoms with Gasteiger partial charge >= 0.3 is 0 Å². The standard InChI is InChI=1S/C25H26ClFN2S2/c1-3-5-6-16(4-2)7-8-17-9-10-18(21(27)13-17)22-11-12-23(30-22)19-14-28-25(26)20-15-29-31-24(19)20/h9-16H,3-8H2,1-2H3. The Morgan fingerprint density at radius 1 is 1.03 bits per heavy atom. The molecule has 1 aromatic carbocycles. The molecule has 31 heavy (non-hydrogen) atoms. The summed E-state index contributed by atoms with van der Waals surface area (Å²) in [7, 11) is 0. The highest BCUT2D eigenvalue weighted by Gasteiger charge is 2.15. The number of fused-ring (bicyclic) bond motifs is 1. The Kier molecular flexibility index (Phi) is 7.36. The van der Waals surface area contributed by atoms with Crippen LogP contribution in [0.2, 0.25) is 5.15 Å². The van der Waals surface area contributed by atoms with Crippen molar-refractivity contribution < 1.29 is 4.39 Å². The molecule has 0 spiro atoms. The molecule has 0 saturated heterocycles. The van der Waals surface area contributed by atoms with Crippen LogP contribution in [0, 0.1) is 11.7 Å². The van der Waals surface area contributed by atoms with Gasteiger partial charge in [-0.2, -0.15) is 4.37 Å². The lowest BCUT2D eigenvalue weighted by Gasteiger charge is -2.14. The van der Waals surface area contributed by atoms with Crippen LogP contribution < -0.4 is 0 Å². The van der Waals surface area contributed by atoms with E-state index in [1.165, 1.54) is 37.2 Å². The van der Waals surface area contributed by atoms with Gasteiger partial charge in [0.1, 0.15) is 11.0 Å². The summed E-state index contributed by atoms with van der Waals surface area (Å²) in [5, 5.41) is 1.32. The monoisotopic (exact) mass is 472 g/mol. The van der Waals surface area contributed by atoms with Crippen molar-refractivity contribution >= 4 is 44.6 Å². The van der Waals surface area contributed by atoms with Gasteiger partial charge in [0.15, 0.2) is 0 Å². The number of halogens is 2. The molecule has 0 aliphatic carbocycles. The summed E-state index contributed by atoms with van der Waals surface area (Å²) >= 11 is 9.16. The summed E-state index contributed by atoms with van der Waals surface area (Å²) in [4.78, 5) is 6.25. The molecule has 0 bridgehead atoms. The van der Waals surface area contributed by atoms with Crippen LogP contribution in [0.1, 0.15) is 51.5 Å². The molecule has 162 valence electrons. The highest BCUT2D eigenvalue weighted by atomic mass is 35.5. The van der Waals surface area contributed by atoms with E-state index in [0.29, 0.717) is 10.7 Å². The highest BCUT2D eigenvalue weighted by molar-refractivity contribution is 7.20. The van der Waals surface area contributed by atoms with E-state index in [1.54, 1.807) is 29.8 Å². The van der Waals surface area contributed by atoms with Crippen LogP contribution in [0.4, 0.5) is 4.39 Å². The van der Waals surface area contributed by atoms with Gasteiger partial charge in [0, 0.05) is 27.1 Å². The number of unbranched alkanes of at least 4 members (excludes halogenated alkanes) is 1. The number of benzene rings is 1. The van der Waals surface area contributed by atoms with E-state index < -0.39 is 0 Å². The summed E-state index contributed by atoms with van der Waals surface area (Å²) in [6, 6.07) is 9.73. The SMILES string of the molecule is CCCCC(CC)CCc1ccc(-c2ccc(-c3cnc(Cl)c4cnsc34)s2)c(F)c1. The lowest BCUT2D eigenvalue weighted by Crippen LogP contribution is -2.01. The molecule has 0 radical (unpaired) electrons. The number of thiophene rings is 1. The normalized spacial score (nSPS) is 12.5. The summed E-state index contributed by atoms with van der Waals surface area (Å²) in [5.74, 6) is 0.587. The first-order valence-electron chi connectivity index (χ1n) is 10.9. The second kappa shape index (κ2) is 10.2. The number of aromatic nitrogens is 2. The molecule has 0 N–H and O–H groups in total. The molecule has 4 rings (SSSR count). The van der Waals surface area contributed by atoms with Crippen LogP contribution in [0.25, 0.3) is 31.0 Å². The molecular formula is C25H26ClFN2S2. The Bertz CT molecular complexity index is 1170. The van der Waals surface area contributed by atoms with E-state index in [1.807, 2.05) is 18.2 Å². The molecule has 0 saturated carbocycles. The fourth-order valence-corrected chi connectivity index (χ4v) is 6.10. The molecule has 2 nitrogen and oxygen atoms in total. The maximum atomic E-state index is 15.0. The third-order valence-corrected chi connectivity index (χ3v) is 8.19. The van der Waals surface area contributed by atoms with Gasteiger partial charge in [-0.3, -0.25) is 0 Å². The van der Waals surface area contributed by atoms with Gasteiger partial charge in [0.05, 0.1) is 16.3 Å². The minimum Gasteiger partial charge on any atom is -0.243 e. The quantitative estimate of drug-likeness (QED) is 0.227. The first-order valence-corrected chi connectivity index (χ1v) is 12.8. The van der Waals surface area contributed by atoms with Crippen LogP contribution in [0.15, 0.2) is 42.7 Å². The number of rotatable bonds is 9. The first kappa shape index (κ1) is 22.4. The Hall–Kier alpha value is -1.82. The van der Waals surface area contributed by atoms with Crippen molar-refractivity contribution in [2.45, 2.75) is 52.4 Å². The Labute approximate surface area is 196 Å². The molecular weight excluding hydrogens is 447 g/mol. The number of pyridine rings is 1. The zero-order valence-electron chi connectivity index (χ0n) is 17.8. The largest absolute Gasteiger partial charge is 0.243 e. The number of nitrogens with zero attached hydrogens (tertiary/aromatic N) is 2. The van der Waals surface area contributed by atoms with Crippen LogP contribution in [-0.2, 0) is 6.42 Å². The Morgan fingerprint density at radius 3 is 2.58 bits per heavy atom. The molecule has 0 amide bonds. The zero-order valence-corrected chi connectivity index (χ0v) is 20.2. The van der Waals surface area contributed by atoms with Gasteiger partial charge in [-0.25, -0.2) is 9.37 Å². The highest BCUT2D eigenvalue weighted by Crippen LogP contribution is 2.40. The summed E-state index contributed by atoms with van der Waals surface area (Å²) < 4.78 is 20.2. The van der Waals surface area contributed by atoms with Crippen LogP contribution >= 0.6 is 34.5 Å². The molecule has 1 atom stereocenters. The Balaban J connectivity index is 1.52. The predicted molar refractivity (Wildman–Crippen MR) is 133 cm³/mol. The van der Waals surface area contributed by atoms with Gasteiger partial charge in [0.25, 0.3) is 0 Å². The van der Waals surface area contributed by atoms with Crippen molar-refractivity contribution in [2.75, 3.05) is 0 Å². The minimum absolute atomic E-state index is 0.148. The van der Waals surface area contributed by atoms with Gasteiger partial charge < -0.3 is 0 Å². The van der Waals surface area contributed by atoms with Gasteiger partial charge in [-0.1, -0.05) is 63.3 Å². The van der Waals surface area contributed by atoms with E-state index in [0.717, 1.165) is 49.7 Å². The molecule has 4 aromatic rings. The molecule has 1 unspecified atom stereocenters. The average Bonchev–Trinajstić information content (AvgIpc) is 3.45. The smallest absolute Gasteiger partial charge is 0.139 e. The fourth-order valence-electron chi connectivity index (χ4n) is 3.96. The maximum absolute atomic E-state index is 15.0. The predicted octanol–water partition coefficient (Wildman–Crippen LogP) is 9.03. The molecule has 0 aliphatic heterocycles. The van der Waals surface area contributed by atoms with Crippen molar-refractivity contribution in [3.8, 4) is 20.9 Å². The van der Waals surface area contributed by atoms with E-state index in [4.69, 9.17) is 11.6 Å². The lowest BCUT2D eigenvalue weighted by molar-refractivity contribution is 0.421. The number of hydrogen-bond acceptors (Lipinski definition) is 4. The van der Waals surface area contributed by atoms with E-state index in [-0.39, 0.29) is 5.82 Å². The van der Waals surface area contributed by atoms with Crippen LogP contribution in [0.3, 0.4) is 0 Å². The molecule has 0 fully saturated rings. The molecule has 0 aliphatic rings. The Morgan fingerprint density at radius 2 is 1.84 bits per heavy atom.